The van der Waals surface area contributed by atoms with Crippen LogP contribution in [0.25, 0.3) is 22.4 Å². The van der Waals surface area contributed by atoms with Crippen LogP contribution in [0.3, 0.4) is 0 Å². The van der Waals surface area contributed by atoms with Gasteiger partial charge in [0, 0.05) is 21.8 Å². The summed E-state index contributed by atoms with van der Waals surface area (Å²) in [5, 5.41) is 6.92. The Morgan fingerprint density at radius 3 is 2.23 bits per heavy atom. The number of amides is 1. The van der Waals surface area contributed by atoms with Crippen LogP contribution in [-0.4, -0.2) is 11.1 Å². The molecule has 0 saturated carbocycles. The third-order valence-corrected chi connectivity index (χ3v) is 5.61. The molecule has 0 aliphatic carbocycles. The second-order valence-electron chi connectivity index (χ2n) is 8.45. The van der Waals surface area contributed by atoms with Crippen LogP contribution in [0.15, 0.2) is 87.9 Å². The topological polar surface area (TPSA) is 55.1 Å². The molecule has 1 amide bonds. The molecule has 0 radical (unpaired) electrons. The number of hydrogen-bond donors (Lipinski definition) is 1. The molecule has 4 rings (SSSR count). The predicted octanol–water partition coefficient (Wildman–Crippen LogP) is 7.32. The van der Waals surface area contributed by atoms with E-state index in [0.717, 1.165) is 21.2 Å². The monoisotopic (exact) mass is 474 g/mol. The van der Waals surface area contributed by atoms with E-state index in [4.69, 9.17) is 4.52 Å². The van der Waals surface area contributed by atoms with Gasteiger partial charge in [-0.15, -0.1) is 0 Å². The van der Waals surface area contributed by atoms with Gasteiger partial charge in [-0.25, -0.2) is 0 Å². The summed E-state index contributed by atoms with van der Waals surface area (Å²) >= 11 is 3.41. The first-order chi connectivity index (χ1) is 14.8. The number of nitrogens with zero attached hydrogens (tertiary/aromatic N) is 1. The van der Waals surface area contributed by atoms with Crippen LogP contribution in [0.4, 0.5) is 5.69 Å². The first kappa shape index (κ1) is 21.1. The molecule has 4 aromatic rings. The summed E-state index contributed by atoms with van der Waals surface area (Å²) in [4.78, 5) is 12.7. The van der Waals surface area contributed by atoms with Gasteiger partial charge in [0.1, 0.15) is 5.69 Å². The highest BCUT2D eigenvalue weighted by Gasteiger charge is 2.15. The summed E-state index contributed by atoms with van der Waals surface area (Å²) in [7, 11) is 0. The van der Waals surface area contributed by atoms with Crippen molar-refractivity contribution in [3.8, 4) is 22.4 Å². The van der Waals surface area contributed by atoms with Crippen molar-refractivity contribution in [1.82, 2.24) is 5.16 Å². The molecule has 0 spiro atoms. The molecule has 1 N–H and O–H groups in total. The summed E-state index contributed by atoms with van der Waals surface area (Å²) in [6.45, 7) is 6.59. The summed E-state index contributed by atoms with van der Waals surface area (Å²) in [5.41, 5.74) is 5.72. The molecule has 5 heteroatoms. The number of rotatable bonds is 4. The Hall–Kier alpha value is -3.18. The second kappa shape index (κ2) is 8.52. The molecular formula is C26H23BrN2O2. The molecule has 0 bridgehead atoms. The summed E-state index contributed by atoms with van der Waals surface area (Å²) in [6.07, 6.45) is 0. The fourth-order valence-electron chi connectivity index (χ4n) is 3.27. The maximum absolute atomic E-state index is 12.7. The van der Waals surface area contributed by atoms with Crippen LogP contribution in [0.5, 0.6) is 0 Å². The molecule has 31 heavy (non-hydrogen) atoms. The number of benzene rings is 3. The van der Waals surface area contributed by atoms with E-state index in [-0.39, 0.29) is 17.1 Å². The van der Waals surface area contributed by atoms with E-state index in [2.05, 4.69) is 71.4 Å². The maximum Gasteiger partial charge on any atom is 0.294 e. The van der Waals surface area contributed by atoms with Crippen LogP contribution in [0, 0.1) is 0 Å². The first-order valence-electron chi connectivity index (χ1n) is 10.0. The fraction of sp³-hybridized carbons (Fsp3) is 0.154. The van der Waals surface area contributed by atoms with Crippen LogP contribution < -0.4 is 5.32 Å². The zero-order valence-electron chi connectivity index (χ0n) is 17.6. The predicted molar refractivity (Wildman–Crippen MR) is 128 cm³/mol. The number of aromatic nitrogens is 1. The lowest BCUT2D eigenvalue weighted by molar-refractivity contribution is 0.0988. The molecule has 0 fully saturated rings. The van der Waals surface area contributed by atoms with E-state index in [1.165, 1.54) is 5.56 Å². The van der Waals surface area contributed by atoms with Crippen LogP contribution in [-0.2, 0) is 5.41 Å². The van der Waals surface area contributed by atoms with E-state index in [0.29, 0.717) is 11.4 Å². The van der Waals surface area contributed by atoms with Gasteiger partial charge in [0.15, 0.2) is 0 Å². The number of carbonyl (C=O) groups is 1. The molecule has 0 saturated heterocycles. The summed E-state index contributed by atoms with van der Waals surface area (Å²) in [5.74, 6) is -0.172. The number of hydrogen-bond acceptors (Lipinski definition) is 3. The quantitative estimate of drug-likeness (QED) is 0.337. The van der Waals surface area contributed by atoms with Gasteiger partial charge in [-0.1, -0.05) is 90.4 Å². The van der Waals surface area contributed by atoms with Gasteiger partial charge >= 0.3 is 0 Å². The third kappa shape index (κ3) is 4.94. The molecule has 0 atom stereocenters. The van der Waals surface area contributed by atoms with Gasteiger partial charge in [0.2, 0.25) is 5.76 Å². The second-order valence-corrected chi connectivity index (χ2v) is 9.36. The number of anilines is 1. The Bertz CT molecular complexity index is 1200. The van der Waals surface area contributed by atoms with Crippen LogP contribution >= 0.6 is 15.9 Å². The Morgan fingerprint density at radius 1 is 0.871 bits per heavy atom. The van der Waals surface area contributed by atoms with Gasteiger partial charge in [0.25, 0.3) is 5.91 Å². The largest absolute Gasteiger partial charge is 0.350 e. The lowest BCUT2D eigenvalue weighted by Crippen LogP contribution is -2.11. The lowest BCUT2D eigenvalue weighted by Gasteiger charge is -2.19. The summed E-state index contributed by atoms with van der Waals surface area (Å²) in [6, 6.07) is 25.6. The van der Waals surface area contributed by atoms with Gasteiger partial charge in [0.05, 0.1) is 0 Å². The molecule has 0 aliphatic heterocycles. The van der Waals surface area contributed by atoms with Crippen molar-refractivity contribution in [2.45, 2.75) is 26.2 Å². The van der Waals surface area contributed by atoms with Crippen molar-refractivity contribution < 1.29 is 9.32 Å². The molecule has 156 valence electrons. The zero-order chi connectivity index (χ0) is 22.0. The number of nitrogens with one attached hydrogen (secondary N) is 1. The van der Waals surface area contributed by atoms with Crippen molar-refractivity contribution in [3.63, 3.8) is 0 Å². The average Bonchev–Trinajstić information content (AvgIpc) is 3.24. The highest BCUT2D eigenvalue weighted by atomic mass is 79.9. The van der Waals surface area contributed by atoms with E-state index in [1.54, 1.807) is 6.07 Å². The molecular weight excluding hydrogens is 452 g/mol. The highest BCUT2D eigenvalue weighted by molar-refractivity contribution is 9.10. The number of carbonyl (C=O) groups excluding carboxylic acids is 1. The highest BCUT2D eigenvalue weighted by Crippen LogP contribution is 2.28. The Kier molecular flexibility index (Phi) is 5.79. The normalized spacial score (nSPS) is 11.4. The first-order valence-corrected chi connectivity index (χ1v) is 10.8. The Balaban J connectivity index is 1.50. The van der Waals surface area contributed by atoms with Crippen molar-refractivity contribution >= 4 is 27.5 Å². The van der Waals surface area contributed by atoms with Crippen molar-refractivity contribution in [1.29, 1.82) is 0 Å². The fourth-order valence-corrected chi connectivity index (χ4v) is 3.54. The van der Waals surface area contributed by atoms with Crippen LogP contribution in [0.1, 0.15) is 36.9 Å². The van der Waals surface area contributed by atoms with E-state index >= 15 is 0 Å². The van der Waals surface area contributed by atoms with E-state index in [1.807, 2.05) is 48.5 Å². The van der Waals surface area contributed by atoms with E-state index < -0.39 is 0 Å². The minimum absolute atomic E-state index is 0.112. The van der Waals surface area contributed by atoms with E-state index in [9.17, 15) is 4.79 Å². The molecule has 0 unspecified atom stereocenters. The third-order valence-electron chi connectivity index (χ3n) is 5.08. The molecule has 1 aromatic heterocycles. The van der Waals surface area contributed by atoms with Crippen LogP contribution in [0.2, 0.25) is 0 Å². The van der Waals surface area contributed by atoms with Crippen molar-refractivity contribution in [2.75, 3.05) is 5.32 Å². The zero-order valence-corrected chi connectivity index (χ0v) is 19.2. The smallest absolute Gasteiger partial charge is 0.294 e. The van der Waals surface area contributed by atoms with Gasteiger partial charge in [-0.05, 0) is 46.4 Å². The van der Waals surface area contributed by atoms with Gasteiger partial charge in [-0.3, -0.25) is 4.79 Å². The molecule has 4 nitrogen and oxygen atoms in total. The lowest BCUT2D eigenvalue weighted by atomic mass is 9.86. The van der Waals surface area contributed by atoms with Gasteiger partial charge in [-0.2, -0.15) is 0 Å². The minimum atomic E-state index is -0.337. The molecule has 3 aromatic carbocycles. The van der Waals surface area contributed by atoms with Crippen molar-refractivity contribution in [2.24, 2.45) is 0 Å². The molecule has 1 heterocycles. The Morgan fingerprint density at radius 2 is 1.55 bits per heavy atom. The van der Waals surface area contributed by atoms with Crippen molar-refractivity contribution in [3.05, 3.63) is 94.7 Å². The SMILES string of the molecule is CC(C)(C)c1ccc(-c2cccc(NC(=O)c3cc(-c4ccc(Br)cc4)no3)c2)cc1. The summed E-state index contributed by atoms with van der Waals surface area (Å²) < 4.78 is 6.25. The number of halogens is 1. The van der Waals surface area contributed by atoms with Gasteiger partial charge < -0.3 is 9.84 Å². The standard InChI is InChI=1S/C26H23BrN2O2/c1-26(2,3)20-11-7-17(8-12-20)19-5-4-6-22(15-19)28-25(30)24-16-23(29-31-24)18-9-13-21(27)14-10-18/h4-16H,1-3H3,(H,28,30). The molecule has 0 aliphatic rings. The minimum Gasteiger partial charge on any atom is -0.350 e. The Labute approximate surface area is 190 Å². The average molecular weight is 475 g/mol. The maximum atomic E-state index is 12.7.